The van der Waals surface area contributed by atoms with E-state index in [1.807, 2.05) is 0 Å². The largest absolute Gasteiger partial charge is 0.466 e. The molecule has 0 heterocycles. The fourth-order valence-corrected chi connectivity index (χ4v) is 9.76. The Morgan fingerprint density at radius 2 is 0.621 bits per heavy atom. The van der Waals surface area contributed by atoms with Crippen molar-refractivity contribution >= 4 is 11.9 Å². The molecule has 1 amide bonds. The number of aliphatic hydroxyl groups excluding tert-OH is 2. The molecule has 0 aromatic carbocycles. The number of esters is 1. The van der Waals surface area contributed by atoms with Crippen molar-refractivity contribution in [3.8, 4) is 0 Å². The van der Waals surface area contributed by atoms with Crippen molar-refractivity contribution in [3.63, 3.8) is 0 Å². The maximum absolute atomic E-state index is 12.5. The van der Waals surface area contributed by atoms with Crippen LogP contribution in [0.4, 0.5) is 0 Å². The molecule has 3 N–H and O–H groups in total. The van der Waals surface area contributed by atoms with E-state index in [1.165, 1.54) is 263 Å². The Morgan fingerprint density at radius 1 is 0.364 bits per heavy atom. The Labute approximate surface area is 413 Å². The number of rotatable bonds is 57. The average Bonchev–Trinajstić information content (AvgIpc) is 3.32. The SMILES string of the molecule is CCCCCCCCCCCCCCCCCCCCCCCCCC(O)C(CO)NC(=O)CCCCCCCCCCCCCCCOC(=O)CCCCCCCCCCCCCCC. The predicted molar refractivity (Wildman–Crippen MR) is 287 cm³/mol. The van der Waals surface area contributed by atoms with Gasteiger partial charge in [0.25, 0.3) is 0 Å². The van der Waals surface area contributed by atoms with Crippen LogP contribution in [0.2, 0.25) is 0 Å². The van der Waals surface area contributed by atoms with Gasteiger partial charge in [-0.2, -0.15) is 0 Å². The first-order chi connectivity index (χ1) is 32.5. The average molecular weight is 935 g/mol. The van der Waals surface area contributed by atoms with Gasteiger partial charge in [0.05, 0.1) is 25.4 Å². The minimum absolute atomic E-state index is 0.00235. The molecule has 0 aliphatic heterocycles. The molecular weight excluding hydrogens is 815 g/mol. The number of carbonyl (C=O) groups excluding carboxylic acids is 2. The van der Waals surface area contributed by atoms with Crippen molar-refractivity contribution in [2.24, 2.45) is 0 Å². The fourth-order valence-electron chi connectivity index (χ4n) is 9.76. The van der Waals surface area contributed by atoms with Crippen LogP contribution in [0, 0.1) is 0 Å². The van der Waals surface area contributed by atoms with Crippen LogP contribution in [-0.4, -0.2) is 47.4 Å². The zero-order chi connectivity index (χ0) is 47.9. The first kappa shape index (κ1) is 64.9. The van der Waals surface area contributed by atoms with Gasteiger partial charge in [-0.3, -0.25) is 9.59 Å². The quantitative estimate of drug-likeness (QED) is 0.0417. The van der Waals surface area contributed by atoms with E-state index in [4.69, 9.17) is 4.74 Å². The lowest BCUT2D eigenvalue weighted by atomic mass is 10.0. The maximum Gasteiger partial charge on any atom is 0.305 e. The summed E-state index contributed by atoms with van der Waals surface area (Å²) in [4.78, 5) is 24.5. The molecule has 0 radical (unpaired) electrons. The van der Waals surface area contributed by atoms with E-state index >= 15 is 0 Å². The zero-order valence-electron chi connectivity index (χ0n) is 45.0. The number of hydrogen-bond donors (Lipinski definition) is 3. The van der Waals surface area contributed by atoms with Gasteiger partial charge in [0, 0.05) is 12.8 Å². The lowest BCUT2D eigenvalue weighted by Crippen LogP contribution is -2.45. The normalized spacial score (nSPS) is 12.5. The molecule has 0 fully saturated rings. The third-order valence-corrected chi connectivity index (χ3v) is 14.4. The third kappa shape index (κ3) is 52.2. The van der Waals surface area contributed by atoms with Crippen molar-refractivity contribution in [2.75, 3.05) is 13.2 Å². The lowest BCUT2D eigenvalue weighted by Gasteiger charge is -2.22. The highest BCUT2D eigenvalue weighted by Gasteiger charge is 2.20. The van der Waals surface area contributed by atoms with Gasteiger partial charge in [-0.15, -0.1) is 0 Å². The second kappa shape index (κ2) is 56.4. The van der Waals surface area contributed by atoms with Gasteiger partial charge in [0.2, 0.25) is 5.91 Å². The molecule has 0 aromatic heterocycles. The van der Waals surface area contributed by atoms with E-state index in [0.29, 0.717) is 25.9 Å². The highest BCUT2D eigenvalue weighted by molar-refractivity contribution is 5.76. The number of ether oxygens (including phenoxy) is 1. The summed E-state index contributed by atoms with van der Waals surface area (Å²) in [5, 5.41) is 23.4. The summed E-state index contributed by atoms with van der Waals surface area (Å²) in [5.41, 5.74) is 0. The molecule has 0 spiro atoms. The Bertz CT molecular complexity index is 944. The first-order valence-corrected chi connectivity index (χ1v) is 30.3. The van der Waals surface area contributed by atoms with Crippen LogP contribution >= 0.6 is 0 Å². The van der Waals surface area contributed by atoms with Gasteiger partial charge in [-0.25, -0.2) is 0 Å². The standard InChI is InChI=1S/C60H119NO5/c1-3-5-7-9-11-13-15-17-18-19-20-21-22-23-24-25-26-29-32-36-40-44-48-52-58(63)57(56-62)61-59(64)53-49-45-41-37-33-30-27-31-35-39-43-47-51-55-66-60(65)54-50-46-42-38-34-28-16-14-12-10-8-6-4-2/h57-58,62-63H,3-56H2,1-2H3,(H,61,64). The van der Waals surface area contributed by atoms with Crippen molar-refractivity contribution in [1.82, 2.24) is 5.32 Å². The highest BCUT2D eigenvalue weighted by Crippen LogP contribution is 2.18. The summed E-state index contributed by atoms with van der Waals surface area (Å²) < 4.78 is 5.47. The zero-order valence-corrected chi connectivity index (χ0v) is 45.0. The van der Waals surface area contributed by atoms with E-state index in [2.05, 4.69) is 19.2 Å². The molecule has 0 aliphatic carbocycles. The number of aliphatic hydroxyl groups is 2. The molecule has 0 aliphatic rings. The van der Waals surface area contributed by atoms with Crippen LogP contribution in [0.3, 0.4) is 0 Å². The Kier molecular flexibility index (Phi) is 55.5. The van der Waals surface area contributed by atoms with Crippen LogP contribution in [0.5, 0.6) is 0 Å². The van der Waals surface area contributed by atoms with Crippen molar-refractivity contribution in [3.05, 3.63) is 0 Å². The molecule has 0 saturated carbocycles. The smallest absolute Gasteiger partial charge is 0.305 e. The Hall–Kier alpha value is -1.14. The molecule has 2 atom stereocenters. The predicted octanol–water partition coefficient (Wildman–Crippen LogP) is 18.7. The third-order valence-electron chi connectivity index (χ3n) is 14.4. The fraction of sp³-hybridized carbons (Fsp3) is 0.967. The number of amides is 1. The van der Waals surface area contributed by atoms with Crippen LogP contribution in [0.25, 0.3) is 0 Å². The Balaban J connectivity index is 3.43. The van der Waals surface area contributed by atoms with E-state index < -0.39 is 12.1 Å². The molecule has 6 nitrogen and oxygen atoms in total. The minimum atomic E-state index is -0.672. The monoisotopic (exact) mass is 934 g/mol. The maximum atomic E-state index is 12.5. The summed E-state index contributed by atoms with van der Waals surface area (Å²) in [6, 6.07) is -0.551. The Morgan fingerprint density at radius 3 is 0.924 bits per heavy atom. The summed E-state index contributed by atoms with van der Waals surface area (Å²) in [6.07, 6.45) is 65.3. The van der Waals surface area contributed by atoms with E-state index in [9.17, 15) is 19.8 Å². The molecular formula is C60H119NO5. The number of hydrogen-bond acceptors (Lipinski definition) is 5. The molecule has 66 heavy (non-hydrogen) atoms. The van der Waals surface area contributed by atoms with Crippen molar-refractivity contribution in [2.45, 2.75) is 360 Å². The molecule has 0 rings (SSSR count). The molecule has 6 heteroatoms. The lowest BCUT2D eigenvalue weighted by molar-refractivity contribution is -0.143. The molecule has 2 unspecified atom stereocenters. The van der Waals surface area contributed by atoms with E-state index in [1.54, 1.807) is 0 Å². The number of carbonyl (C=O) groups is 2. The van der Waals surface area contributed by atoms with Crippen LogP contribution in [-0.2, 0) is 14.3 Å². The number of nitrogens with one attached hydrogen (secondary N) is 1. The molecule has 394 valence electrons. The summed E-state index contributed by atoms with van der Waals surface area (Å²) in [6.45, 7) is 4.96. The second-order valence-electron chi connectivity index (χ2n) is 21.1. The topological polar surface area (TPSA) is 95.9 Å². The molecule has 0 aromatic rings. The molecule has 0 bridgehead atoms. The van der Waals surface area contributed by atoms with E-state index in [0.717, 1.165) is 51.4 Å². The van der Waals surface area contributed by atoms with Gasteiger partial charge in [0.1, 0.15) is 0 Å². The van der Waals surface area contributed by atoms with Gasteiger partial charge in [0.15, 0.2) is 0 Å². The highest BCUT2D eigenvalue weighted by atomic mass is 16.5. The second-order valence-corrected chi connectivity index (χ2v) is 21.1. The van der Waals surface area contributed by atoms with Crippen molar-refractivity contribution < 1.29 is 24.5 Å². The van der Waals surface area contributed by atoms with Gasteiger partial charge < -0.3 is 20.3 Å². The van der Waals surface area contributed by atoms with E-state index in [-0.39, 0.29) is 18.5 Å². The summed E-state index contributed by atoms with van der Waals surface area (Å²) >= 11 is 0. The van der Waals surface area contributed by atoms with Gasteiger partial charge >= 0.3 is 5.97 Å². The van der Waals surface area contributed by atoms with Gasteiger partial charge in [-0.05, 0) is 25.7 Å². The van der Waals surface area contributed by atoms with Crippen LogP contribution in [0.1, 0.15) is 348 Å². The first-order valence-electron chi connectivity index (χ1n) is 30.3. The van der Waals surface area contributed by atoms with Crippen LogP contribution < -0.4 is 5.32 Å². The van der Waals surface area contributed by atoms with Crippen molar-refractivity contribution in [1.29, 1.82) is 0 Å². The van der Waals surface area contributed by atoms with Gasteiger partial charge in [-0.1, -0.05) is 309 Å². The van der Waals surface area contributed by atoms with Crippen LogP contribution in [0.15, 0.2) is 0 Å². The molecule has 0 saturated heterocycles. The summed E-state index contributed by atoms with van der Waals surface area (Å²) in [7, 11) is 0. The summed E-state index contributed by atoms with van der Waals surface area (Å²) in [5.74, 6) is -0.0452. The minimum Gasteiger partial charge on any atom is -0.466 e. The number of unbranched alkanes of at least 4 members (excludes halogenated alkanes) is 46.